The largest absolute Gasteiger partial charge is 0.464 e. The van der Waals surface area contributed by atoms with Crippen LogP contribution in [0.2, 0.25) is 0 Å². The molecule has 0 saturated carbocycles. The van der Waals surface area contributed by atoms with E-state index >= 15 is 0 Å². The highest BCUT2D eigenvalue weighted by Crippen LogP contribution is 2.17. The number of rotatable bonds is 4. The second-order valence-electron chi connectivity index (χ2n) is 4.16. The summed E-state index contributed by atoms with van der Waals surface area (Å²) in [5, 5.41) is 0. The Balaban J connectivity index is 3.11. The molecule has 0 radical (unpaired) electrons. The van der Waals surface area contributed by atoms with Crippen molar-refractivity contribution in [2.75, 3.05) is 14.2 Å². The van der Waals surface area contributed by atoms with E-state index in [9.17, 15) is 9.59 Å². The first kappa shape index (κ1) is 13.3. The minimum Gasteiger partial charge on any atom is -0.464 e. The van der Waals surface area contributed by atoms with Gasteiger partial charge in [-0.05, 0) is 24.0 Å². The lowest BCUT2D eigenvalue weighted by atomic mass is 10.0. The Bertz CT molecular complexity index is 420. The standard InChI is InChI=1S/C12H17NO4/c1-7(2)5-8-6-9(11(14)16-3)13-10(8)12(15)17-4/h6-7,13H,5H2,1-4H3. The molecule has 0 aromatic carbocycles. The SMILES string of the molecule is COC(=O)c1cc(CC(C)C)c(C(=O)OC)[nH]1. The lowest BCUT2D eigenvalue weighted by Crippen LogP contribution is -2.07. The second-order valence-corrected chi connectivity index (χ2v) is 4.16. The molecule has 0 atom stereocenters. The van der Waals surface area contributed by atoms with Gasteiger partial charge in [0.15, 0.2) is 0 Å². The van der Waals surface area contributed by atoms with Crippen LogP contribution in [-0.2, 0) is 15.9 Å². The lowest BCUT2D eigenvalue weighted by Gasteiger charge is -2.04. The Labute approximate surface area is 100 Å². The molecule has 1 N–H and O–H groups in total. The summed E-state index contributed by atoms with van der Waals surface area (Å²) in [5.41, 5.74) is 1.36. The van der Waals surface area contributed by atoms with Gasteiger partial charge in [0.05, 0.1) is 14.2 Å². The van der Waals surface area contributed by atoms with Crippen LogP contribution in [0.25, 0.3) is 0 Å². The van der Waals surface area contributed by atoms with Crippen molar-refractivity contribution in [3.63, 3.8) is 0 Å². The van der Waals surface area contributed by atoms with Crippen LogP contribution in [0.1, 0.15) is 40.4 Å². The van der Waals surface area contributed by atoms with Crippen LogP contribution >= 0.6 is 0 Å². The second kappa shape index (κ2) is 5.52. The number of aromatic nitrogens is 1. The van der Waals surface area contributed by atoms with Gasteiger partial charge in [0.2, 0.25) is 0 Å². The molecule has 0 bridgehead atoms. The molecule has 1 aromatic heterocycles. The molecule has 0 saturated heterocycles. The third-order valence-corrected chi connectivity index (χ3v) is 2.32. The third-order valence-electron chi connectivity index (χ3n) is 2.32. The van der Waals surface area contributed by atoms with E-state index in [1.165, 1.54) is 14.2 Å². The monoisotopic (exact) mass is 239 g/mol. The highest BCUT2D eigenvalue weighted by atomic mass is 16.5. The van der Waals surface area contributed by atoms with Gasteiger partial charge in [-0.3, -0.25) is 0 Å². The number of hydrogen-bond donors (Lipinski definition) is 1. The Kier molecular flexibility index (Phi) is 4.31. The molecule has 0 aliphatic rings. The lowest BCUT2D eigenvalue weighted by molar-refractivity contribution is 0.0590. The predicted octanol–water partition coefficient (Wildman–Crippen LogP) is 1.79. The van der Waals surface area contributed by atoms with Gasteiger partial charge in [-0.15, -0.1) is 0 Å². The average Bonchev–Trinajstić information content (AvgIpc) is 2.70. The van der Waals surface area contributed by atoms with Crippen molar-refractivity contribution in [2.24, 2.45) is 5.92 Å². The normalized spacial score (nSPS) is 10.4. The molecular formula is C12H17NO4. The molecule has 0 unspecified atom stereocenters. The Morgan fingerprint density at radius 2 is 1.82 bits per heavy atom. The van der Waals surface area contributed by atoms with Crippen molar-refractivity contribution < 1.29 is 19.1 Å². The van der Waals surface area contributed by atoms with E-state index in [1.807, 2.05) is 13.8 Å². The molecule has 1 aromatic rings. The van der Waals surface area contributed by atoms with Crippen LogP contribution in [-0.4, -0.2) is 31.1 Å². The summed E-state index contributed by atoms with van der Waals surface area (Å²) >= 11 is 0. The van der Waals surface area contributed by atoms with E-state index in [-0.39, 0.29) is 5.69 Å². The first-order valence-electron chi connectivity index (χ1n) is 5.38. The number of carbonyl (C=O) groups is 2. The summed E-state index contributed by atoms with van der Waals surface area (Å²) in [6.07, 6.45) is 0.692. The zero-order valence-electron chi connectivity index (χ0n) is 10.5. The van der Waals surface area contributed by atoms with Gasteiger partial charge in [0.25, 0.3) is 0 Å². The summed E-state index contributed by atoms with van der Waals surface area (Å²) in [4.78, 5) is 25.6. The van der Waals surface area contributed by atoms with Crippen molar-refractivity contribution in [3.8, 4) is 0 Å². The van der Waals surface area contributed by atoms with Crippen LogP contribution in [0.15, 0.2) is 6.07 Å². The smallest absolute Gasteiger partial charge is 0.354 e. The number of hydrogen-bond acceptors (Lipinski definition) is 4. The van der Waals surface area contributed by atoms with Gasteiger partial charge in [0.1, 0.15) is 11.4 Å². The number of esters is 2. The van der Waals surface area contributed by atoms with Crippen molar-refractivity contribution in [3.05, 3.63) is 23.0 Å². The van der Waals surface area contributed by atoms with Gasteiger partial charge in [-0.25, -0.2) is 9.59 Å². The Morgan fingerprint density at radius 3 is 2.29 bits per heavy atom. The van der Waals surface area contributed by atoms with Gasteiger partial charge in [0, 0.05) is 0 Å². The fraction of sp³-hybridized carbons (Fsp3) is 0.500. The van der Waals surface area contributed by atoms with Gasteiger partial charge in [-0.2, -0.15) is 0 Å². The molecule has 0 aliphatic carbocycles. The predicted molar refractivity (Wildman–Crippen MR) is 62.0 cm³/mol. The molecule has 1 heterocycles. The van der Waals surface area contributed by atoms with E-state index in [4.69, 9.17) is 0 Å². The maximum atomic E-state index is 11.5. The van der Waals surface area contributed by atoms with Crippen LogP contribution in [0.4, 0.5) is 0 Å². The third kappa shape index (κ3) is 3.09. The molecular weight excluding hydrogens is 222 g/mol. The number of nitrogens with one attached hydrogen (secondary N) is 1. The van der Waals surface area contributed by atoms with Gasteiger partial charge < -0.3 is 14.5 Å². The van der Waals surface area contributed by atoms with Gasteiger partial charge in [-0.1, -0.05) is 13.8 Å². The zero-order chi connectivity index (χ0) is 13.0. The van der Waals surface area contributed by atoms with Crippen molar-refractivity contribution in [1.29, 1.82) is 0 Å². The highest BCUT2D eigenvalue weighted by molar-refractivity contribution is 5.94. The first-order chi connectivity index (χ1) is 7.99. The molecule has 0 amide bonds. The maximum absolute atomic E-state index is 11.5. The summed E-state index contributed by atoms with van der Waals surface area (Å²) in [7, 11) is 2.60. The van der Waals surface area contributed by atoms with Gasteiger partial charge >= 0.3 is 11.9 Å². The number of carbonyl (C=O) groups excluding carboxylic acids is 2. The van der Waals surface area contributed by atoms with Crippen LogP contribution in [0.5, 0.6) is 0 Å². The molecule has 94 valence electrons. The maximum Gasteiger partial charge on any atom is 0.354 e. The summed E-state index contributed by atoms with van der Waals surface area (Å²) in [6.45, 7) is 4.07. The summed E-state index contributed by atoms with van der Waals surface area (Å²) < 4.78 is 9.26. The van der Waals surface area contributed by atoms with E-state index < -0.39 is 11.9 Å². The summed E-state index contributed by atoms with van der Waals surface area (Å²) in [5.74, 6) is -0.597. The molecule has 5 nitrogen and oxygen atoms in total. The van der Waals surface area contributed by atoms with E-state index in [0.29, 0.717) is 18.0 Å². The fourth-order valence-electron chi connectivity index (χ4n) is 1.60. The van der Waals surface area contributed by atoms with Crippen LogP contribution in [0, 0.1) is 5.92 Å². The first-order valence-corrected chi connectivity index (χ1v) is 5.38. The van der Waals surface area contributed by atoms with Crippen LogP contribution in [0.3, 0.4) is 0 Å². The minimum atomic E-state index is -0.495. The topological polar surface area (TPSA) is 68.4 Å². The number of H-pyrrole nitrogens is 1. The zero-order valence-corrected chi connectivity index (χ0v) is 10.5. The molecule has 0 fully saturated rings. The molecule has 0 aliphatic heterocycles. The number of ether oxygens (including phenoxy) is 2. The Morgan fingerprint density at radius 1 is 1.24 bits per heavy atom. The number of methoxy groups -OCH3 is 2. The molecule has 0 spiro atoms. The fourth-order valence-corrected chi connectivity index (χ4v) is 1.60. The highest BCUT2D eigenvalue weighted by Gasteiger charge is 2.20. The van der Waals surface area contributed by atoms with Crippen molar-refractivity contribution in [1.82, 2.24) is 4.98 Å². The van der Waals surface area contributed by atoms with Crippen molar-refractivity contribution in [2.45, 2.75) is 20.3 Å². The van der Waals surface area contributed by atoms with E-state index in [2.05, 4.69) is 14.5 Å². The van der Waals surface area contributed by atoms with E-state index in [0.717, 1.165) is 5.56 Å². The van der Waals surface area contributed by atoms with E-state index in [1.54, 1.807) is 6.07 Å². The quantitative estimate of drug-likeness (QED) is 0.813. The molecule has 5 heteroatoms. The number of aromatic amines is 1. The molecule has 17 heavy (non-hydrogen) atoms. The Hall–Kier alpha value is -1.78. The van der Waals surface area contributed by atoms with Crippen molar-refractivity contribution >= 4 is 11.9 Å². The minimum absolute atomic E-state index is 0.267. The summed E-state index contributed by atoms with van der Waals surface area (Å²) in [6, 6.07) is 1.64. The molecule has 1 rings (SSSR count). The van der Waals surface area contributed by atoms with Crippen LogP contribution < -0.4 is 0 Å². The average molecular weight is 239 g/mol.